The van der Waals surface area contributed by atoms with E-state index in [1.807, 2.05) is 0 Å². The Kier molecular flexibility index (Phi) is 14.7. The number of aryl methyl sites for hydroxylation is 2. The summed E-state index contributed by atoms with van der Waals surface area (Å²) in [6.07, 6.45) is 26.6. The van der Waals surface area contributed by atoms with Crippen molar-refractivity contribution in [1.82, 2.24) is 4.57 Å². The molecule has 2 nitrogen and oxygen atoms in total. The van der Waals surface area contributed by atoms with Crippen molar-refractivity contribution in [2.24, 2.45) is 0 Å². The summed E-state index contributed by atoms with van der Waals surface area (Å²) in [6.45, 7) is 9.33. The van der Waals surface area contributed by atoms with Gasteiger partial charge in [-0.1, -0.05) is 85.0 Å². The van der Waals surface area contributed by atoms with Crippen LogP contribution < -0.4 is 4.57 Å². The molecule has 0 bridgehead atoms. The molecular weight excluding hydrogens is 316 g/mol. The molecule has 1 heterocycles. The highest BCUT2D eigenvalue weighted by molar-refractivity contribution is 4.84. The maximum absolute atomic E-state index is 2.57. The van der Waals surface area contributed by atoms with E-state index in [0.29, 0.717) is 0 Å². The SMILES string of the molecule is CCCCCCCCc1n(CCCCCCCC)cc[n+]1CCCCC. The lowest BCUT2D eigenvalue weighted by molar-refractivity contribution is -0.704. The van der Waals surface area contributed by atoms with Gasteiger partial charge in [0.1, 0.15) is 12.4 Å². The monoisotopic (exact) mass is 363 g/mol. The van der Waals surface area contributed by atoms with Crippen molar-refractivity contribution in [2.45, 2.75) is 137 Å². The van der Waals surface area contributed by atoms with E-state index in [-0.39, 0.29) is 0 Å². The molecule has 0 unspecified atom stereocenters. The second kappa shape index (κ2) is 16.4. The van der Waals surface area contributed by atoms with Crippen LogP contribution in [0.3, 0.4) is 0 Å². The number of hydrogen-bond acceptors (Lipinski definition) is 0. The number of hydrogen-bond donors (Lipinski definition) is 0. The lowest BCUT2D eigenvalue weighted by Crippen LogP contribution is -2.37. The van der Waals surface area contributed by atoms with Crippen molar-refractivity contribution in [2.75, 3.05) is 0 Å². The van der Waals surface area contributed by atoms with Crippen LogP contribution in [0.2, 0.25) is 0 Å². The van der Waals surface area contributed by atoms with Gasteiger partial charge in [0.25, 0.3) is 5.82 Å². The molecule has 0 aliphatic carbocycles. The lowest BCUT2D eigenvalue weighted by atomic mass is 10.1. The molecule has 26 heavy (non-hydrogen) atoms. The summed E-state index contributed by atoms with van der Waals surface area (Å²) in [5.41, 5.74) is 0. The predicted octanol–water partition coefficient (Wildman–Crippen LogP) is 7.23. The summed E-state index contributed by atoms with van der Waals surface area (Å²) in [7, 11) is 0. The van der Waals surface area contributed by atoms with E-state index in [9.17, 15) is 0 Å². The molecule has 1 aromatic rings. The summed E-state index contributed by atoms with van der Waals surface area (Å²) in [6, 6.07) is 0. The van der Waals surface area contributed by atoms with Crippen molar-refractivity contribution in [1.29, 1.82) is 0 Å². The van der Waals surface area contributed by atoms with Gasteiger partial charge in [0.15, 0.2) is 0 Å². The Balaban J connectivity index is 2.44. The first kappa shape index (κ1) is 23.2. The van der Waals surface area contributed by atoms with Crippen molar-refractivity contribution in [3.05, 3.63) is 18.2 Å². The Morgan fingerprint density at radius 1 is 0.654 bits per heavy atom. The highest BCUT2D eigenvalue weighted by atomic mass is 15.1. The smallest absolute Gasteiger partial charge is 0.234 e. The molecule has 0 amide bonds. The maximum atomic E-state index is 2.57. The summed E-state index contributed by atoms with van der Waals surface area (Å²) >= 11 is 0. The van der Waals surface area contributed by atoms with Gasteiger partial charge >= 0.3 is 0 Å². The Bertz CT molecular complexity index is 422. The summed E-state index contributed by atoms with van der Waals surface area (Å²) in [4.78, 5) is 0. The molecule has 1 rings (SSSR count). The number of nitrogens with zero attached hydrogens (tertiary/aromatic N) is 2. The van der Waals surface area contributed by atoms with Gasteiger partial charge in [-0.2, -0.15) is 0 Å². The molecule has 0 saturated carbocycles. The fourth-order valence-electron chi connectivity index (χ4n) is 3.85. The first-order valence-corrected chi connectivity index (χ1v) is 11.9. The molecular formula is C24H47N2+. The molecule has 0 aliphatic heterocycles. The van der Waals surface area contributed by atoms with E-state index < -0.39 is 0 Å². The van der Waals surface area contributed by atoms with Crippen LogP contribution in [0.4, 0.5) is 0 Å². The van der Waals surface area contributed by atoms with Gasteiger partial charge in [0, 0.05) is 6.42 Å². The molecule has 0 radical (unpaired) electrons. The first-order valence-electron chi connectivity index (χ1n) is 11.9. The zero-order valence-electron chi connectivity index (χ0n) is 18.3. The Morgan fingerprint density at radius 3 is 1.85 bits per heavy atom. The van der Waals surface area contributed by atoms with Gasteiger partial charge in [-0.3, -0.25) is 0 Å². The topological polar surface area (TPSA) is 8.81 Å². The van der Waals surface area contributed by atoms with Crippen LogP contribution in [-0.4, -0.2) is 4.57 Å². The van der Waals surface area contributed by atoms with Crippen molar-refractivity contribution in [3.63, 3.8) is 0 Å². The molecule has 1 aromatic heterocycles. The third-order valence-corrected chi connectivity index (χ3v) is 5.60. The van der Waals surface area contributed by atoms with Crippen LogP contribution in [0.25, 0.3) is 0 Å². The molecule has 0 N–H and O–H groups in total. The van der Waals surface area contributed by atoms with Crippen LogP contribution in [0, 0.1) is 0 Å². The number of rotatable bonds is 18. The zero-order chi connectivity index (χ0) is 18.9. The minimum atomic E-state index is 1.21. The van der Waals surface area contributed by atoms with Gasteiger partial charge in [0.05, 0.1) is 13.1 Å². The fourth-order valence-corrected chi connectivity index (χ4v) is 3.85. The number of unbranched alkanes of at least 4 members (excludes halogenated alkanes) is 12. The van der Waals surface area contributed by atoms with Gasteiger partial charge < -0.3 is 0 Å². The van der Waals surface area contributed by atoms with Gasteiger partial charge in [-0.15, -0.1) is 0 Å². The van der Waals surface area contributed by atoms with Crippen LogP contribution in [0.15, 0.2) is 12.4 Å². The summed E-state index contributed by atoms with van der Waals surface area (Å²) in [5.74, 6) is 1.59. The van der Waals surface area contributed by atoms with E-state index in [4.69, 9.17) is 0 Å². The molecule has 0 aromatic carbocycles. The van der Waals surface area contributed by atoms with Gasteiger partial charge in [-0.05, 0) is 32.1 Å². The molecule has 0 atom stereocenters. The number of aromatic nitrogens is 2. The van der Waals surface area contributed by atoms with Crippen LogP contribution in [0.1, 0.15) is 123 Å². The average molecular weight is 364 g/mol. The highest BCUT2D eigenvalue weighted by Crippen LogP contribution is 2.11. The summed E-state index contributed by atoms with van der Waals surface area (Å²) in [5, 5.41) is 0. The maximum Gasteiger partial charge on any atom is 0.256 e. The summed E-state index contributed by atoms with van der Waals surface area (Å²) < 4.78 is 5.12. The molecule has 0 fully saturated rings. The second-order valence-electron chi connectivity index (χ2n) is 8.09. The van der Waals surface area contributed by atoms with Crippen molar-refractivity contribution in [3.8, 4) is 0 Å². The average Bonchev–Trinajstić information content (AvgIpc) is 3.03. The largest absolute Gasteiger partial charge is 0.256 e. The standard InChI is InChI=1S/C24H47N2/c1-4-7-10-12-14-16-19-24-25(20-17-9-6-3)22-23-26(24)21-18-15-13-11-8-5-2/h22-23H,4-21H2,1-3H3/q+1. The quantitative estimate of drug-likeness (QED) is 0.192. The van der Waals surface area contributed by atoms with Crippen molar-refractivity contribution >= 4 is 0 Å². The second-order valence-corrected chi connectivity index (χ2v) is 8.09. The number of imidazole rings is 1. The van der Waals surface area contributed by atoms with E-state index in [1.54, 1.807) is 5.82 Å². The minimum Gasteiger partial charge on any atom is -0.234 e. The van der Waals surface area contributed by atoms with Gasteiger partial charge in [0.2, 0.25) is 0 Å². The minimum absolute atomic E-state index is 1.21. The normalized spacial score (nSPS) is 11.3. The van der Waals surface area contributed by atoms with E-state index in [2.05, 4.69) is 42.3 Å². The Morgan fingerprint density at radius 2 is 1.19 bits per heavy atom. The molecule has 0 spiro atoms. The Hall–Kier alpha value is -0.790. The molecule has 0 saturated heterocycles. The molecule has 0 aliphatic rings. The van der Waals surface area contributed by atoms with Crippen LogP contribution in [-0.2, 0) is 19.5 Å². The van der Waals surface area contributed by atoms with E-state index in [0.717, 1.165) is 0 Å². The molecule has 2 heteroatoms. The van der Waals surface area contributed by atoms with Gasteiger partial charge in [-0.25, -0.2) is 9.13 Å². The van der Waals surface area contributed by atoms with Crippen LogP contribution >= 0.6 is 0 Å². The first-order chi connectivity index (χ1) is 12.8. The fraction of sp³-hybridized carbons (Fsp3) is 0.875. The Labute approximate surface area is 164 Å². The van der Waals surface area contributed by atoms with Crippen molar-refractivity contribution < 1.29 is 4.57 Å². The highest BCUT2D eigenvalue weighted by Gasteiger charge is 2.16. The van der Waals surface area contributed by atoms with Crippen LogP contribution in [0.5, 0.6) is 0 Å². The van der Waals surface area contributed by atoms with E-state index in [1.165, 1.54) is 116 Å². The molecule has 152 valence electrons. The third-order valence-electron chi connectivity index (χ3n) is 5.60. The zero-order valence-corrected chi connectivity index (χ0v) is 18.3. The lowest BCUT2D eigenvalue weighted by Gasteiger charge is -2.06. The van der Waals surface area contributed by atoms with E-state index >= 15 is 0 Å². The third kappa shape index (κ3) is 10.4. The predicted molar refractivity (Wildman–Crippen MR) is 115 cm³/mol.